The zero-order chi connectivity index (χ0) is 20.9. The molecular weight excluding hydrogens is 376 g/mol. The number of rotatable bonds is 3. The van der Waals surface area contributed by atoms with Crippen LogP contribution in [0.2, 0.25) is 0 Å². The summed E-state index contributed by atoms with van der Waals surface area (Å²) in [5, 5.41) is 25.4. The monoisotopic (exact) mass is 406 g/mol. The maximum atomic E-state index is 12.0. The highest BCUT2D eigenvalue weighted by Gasteiger charge is 2.64. The number of aromatic nitrogens is 1. The van der Waals surface area contributed by atoms with Crippen LogP contribution in [0.25, 0.3) is 0 Å². The summed E-state index contributed by atoms with van der Waals surface area (Å²) >= 11 is 0. The van der Waals surface area contributed by atoms with Gasteiger partial charge in [0.15, 0.2) is 0 Å². The third-order valence-corrected chi connectivity index (χ3v) is 8.44. The number of pyridine rings is 1. The average Bonchev–Trinajstić information content (AvgIpc) is 3.00. The number of hydrogen-bond acceptors (Lipinski definition) is 5. The minimum absolute atomic E-state index is 0.297. The van der Waals surface area contributed by atoms with Gasteiger partial charge in [0.25, 0.3) is 0 Å². The second-order valence-electron chi connectivity index (χ2n) is 9.55. The number of aliphatic hydroxyl groups is 1. The van der Waals surface area contributed by atoms with E-state index in [1.54, 1.807) is 13.3 Å². The van der Waals surface area contributed by atoms with Crippen molar-refractivity contribution in [2.75, 3.05) is 7.11 Å². The van der Waals surface area contributed by atoms with Crippen LogP contribution >= 0.6 is 0 Å². The van der Waals surface area contributed by atoms with E-state index in [2.05, 4.69) is 35.3 Å². The summed E-state index contributed by atoms with van der Waals surface area (Å²) in [5.74, 6) is 2.20. The van der Waals surface area contributed by atoms with E-state index in [0.29, 0.717) is 36.3 Å². The maximum absolute atomic E-state index is 12.0. The third-order valence-electron chi connectivity index (χ3n) is 8.44. The van der Waals surface area contributed by atoms with Gasteiger partial charge in [-0.1, -0.05) is 24.2 Å². The molecule has 3 aliphatic carbocycles. The lowest BCUT2D eigenvalue weighted by Crippen LogP contribution is -2.54. The fourth-order valence-corrected chi connectivity index (χ4v) is 6.79. The zero-order valence-electron chi connectivity index (χ0n) is 17.7. The van der Waals surface area contributed by atoms with Gasteiger partial charge in [-0.25, -0.2) is 0 Å². The highest BCUT2D eigenvalue weighted by molar-refractivity contribution is 5.96. The van der Waals surface area contributed by atoms with Gasteiger partial charge in [-0.05, 0) is 85.3 Å². The van der Waals surface area contributed by atoms with E-state index in [1.807, 2.05) is 18.2 Å². The number of methoxy groups -OCH3 is 1. The van der Waals surface area contributed by atoms with Gasteiger partial charge in [0.2, 0.25) is 0 Å². The molecule has 5 atom stereocenters. The van der Waals surface area contributed by atoms with E-state index in [9.17, 15) is 10.3 Å². The van der Waals surface area contributed by atoms with E-state index >= 15 is 0 Å². The molecule has 0 aliphatic heterocycles. The van der Waals surface area contributed by atoms with Gasteiger partial charge >= 0.3 is 0 Å². The molecule has 0 amide bonds. The van der Waals surface area contributed by atoms with Gasteiger partial charge in [0, 0.05) is 23.7 Å². The predicted molar refractivity (Wildman–Crippen MR) is 115 cm³/mol. The normalized spacial score (nSPS) is 36.1. The van der Waals surface area contributed by atoms with E-state index in [1.165, 1.54) is 11.1 Å². The van der Waals surface area contributed by atoms with E-state index < -0.39 is 5.60 Å². The van der Waals surface area contributed by atoms with Crippen LogP contribution in [-0.2, 0) is 12.8 Å². The smallest absolute Gasteiger partial charge is 0.119 e. The molecule has 1 heterocycles. The predicted octanol–water partition coefficient (Wildman–Crippen LogP) is 4.36. The van der Waals surface area contributed by atoms with Crippen molar-refractivity contribution in [2.45, 2.75) is 57.0 Å². The Kier molecular flexibility index (Phi) is 4.62. The topological polar surface area (TPSA) is 74.9 Å². The molecule has 5 nitrogen and oxygen atoms in total. The maximum Gasteiger partial charge on any atom is 0.119 e. The number of fused-ring (bicyclic) bond motifs is 5. The molecule has 0 bridgehead atoms. The first-order valence-corrected chi connectivity index (χ1v) is 11.0. The van der Waals surface area contributed by atoms with Crippen molar-refractivity contribution in [3.63, 3.8) is 0 Å². The van der Waals surface area contributed by atoms with Gasteiger partial charge in [-0.3, -0.25) is 4.98 Å². The second kappa shape index (κ2) is 7.09. The summed E-state index contributed by atoms with van der Waals surface area (Å²) in [4.78, 5) is 4.44. The highest BCUT2D eigenvalue weighted by Crippen LogP contribution is 2.64. The van der Waals surface area contributed by atoms with E-state index in [-0.39, 0.29) is 5.41 Å². The summed E-state index contributed by atoms with van der Waals surface area (Å²) in [6.07, 6.45) is 6.89. The standard InChI is InChI=1S/C25H30N2O3/c1-24-11-10-20-19-9-7-18(30-2)13-16(19)6-8-21(20)22(24)14-23(27-29)25(24,28)15-17-5-3-4-12-26-17/h3-5,7,9,12-13,20-22,28-29H,6,8,10-11,14-15H2,1-2H3/b27-23+/t20-,21-,22+,24+,25+/m1/s1. The quantitative estimate of drug-likeness (QED) is 0.587. The summed E-state index contributed by atoms with van der Waals surface area (Å²) in [5.41, 5.74) is 2.73. The first-order chi connectivity index (χ1) is 14.5. The molecule has 3 aliphatic rings. The molecule has 2 saturated carbocycles. The number of nitrogens with zero attached hydrogens (tertiary/aromatic N) is 2. The van der Waals surface area contributed by atoms with Crippen molar-refractivity contribution in [1.29, 1.82) is 0 Å². The molecule has 2 N–H and O–H groups in total. The van der Waals surface area contributed by atoms with E-state index in [0.717, 1.165) is 37.1 Å². The lowest BCUT2D eigenvalue weighted by Gasteiger charge is -2.52. The Morgan fingerprint density at radius 2 is 2.10 bits per heavy atom. The third kappa shape index (κ3) is 2.71. The molecule has 5 rings (SSSR count). The number of oxime groups is 1. The van der Waals surface area contributed by atoms with Crippen molar-refractivity contribution < 1.29 is 15.1 Å². The Bertz CT molecular complexity index is 976. The minimum atomic E-state index is -1.16. The lowest BCUT2D eigenvalue weighted by molar-refractivity contribution is -0.0782. The van der Waals surface area contributed by atoms with Crippen LogP contribution in [-0.4, -0.2) is 33.7 Å². The van der Waals surface area contributed by atoms with Crippen molar-refractivity contribution in [3.05, 3.63) is 59.4 Å². The molecule has 30 heavy (non-hydrogen) atoms. The summed E-state index contributed by atoms with van der Waals surface area (Å²) in [6.45, 7) is 2.21. The Balaban J connectivity index is 1.50. The molecule has 0 saturated heterocycles. The van der Waals surface area contributed by atoms with Gasteiger partial charge < -0.3 is 15.1 Å². The summed E-state index contributed by atoms with van der Waals surface area (Å²) < 4.78 is 5.43. The first-order valence-electron chi connectivity index (χ1n) is 11.0. The number of aryl methyl sites for hydroxylation is 1. The Morgan fingerprint density at radius 3 is 2.83 bits per heavy atom. The molecule has 0 unspecified atom stereocenters. The SMILES string of the molecule is COc1ccc2c(c1)CC[C@@H]1[C@@H]2CC[C@@]2(C)[C@H]1C/C(=N\O)[C@@]2(O)Cc1ccccn1. The van der Waals surface area contributed by atoms with Gasteiger partial charge in [-0.15, -0.1) is 0 Å². The number of ether oxygens (including phenoxy) is 1. The van der Waals surface area contributed by atoms with Crippen LogP contribution in [0.1, 0.15) is 55.3 Å². The van der Waals surface area contributed by atoms with Gasteiger partial charge in [0.05, 0.1) is 12.8 Å². The molecular formula is C25H30N2O3. The van der Waals surface area contributed by atoms with Gasteiger partial charge in [0.1, 0.15) is 11.4 Å². The first kappa shape index (κ1) is 19.6. The molecule has 5 heteroatoms. The summed E-state index contributed by atoms with van der Waals surface area (Å²) in [6, 6.07) is 12.3. The Labute approximate surface area is 177 Å². The van der Waals surface area contributed by atoms with Crippen molar-refractivity contribution >= 4 is 5.71 Å². The van der Waals surface area contributed by atoms with Crippen molar-refractivity contribution in [2.24, 2.45) is 22.4 Å². The minimum Gasteiger partial charge on any atom is -0.497 e. The Morgan fingerprint density at radius 1 is 1.23 bits per heavy atom. The second-order valence-corrected chi connectivity index (χ2v) is 9.55. The average molecular weight is 407 g/mol. The molecule has 158 valence electrons. The van der Waals surface area contributed by atoms with Crippen LogP contribution in [0.5, 0.6) is 5.75 Å². The molecule has 0 radical (unpaired) electrons. The number of benzene rings is 1. The van der Waals surface area contributed by atoms with Crippen LogP contribution in [0.15, 0.2) is 47.8 Å². The van der Waals surface area contributed by atoms with Crippen LogP contribution in [0.4, 0.5) is 0 Å². The van der Waals surface area contributed by atoms with Crippen molar-refractivity contribution in [1.82, 2.24) is 4.98 Å². The van der Waals surface area contributed by atoms with Crippen LogP contribution in [0, 0.1) is 17.3 Å². The largest absolute Gasteiger partial charge is 0.497 e. The molecule has 2 aromatic rings. The summed E-state index contributed by atoms with van der Waals surface area (Å²) in [7, 11) is 1.72. The van der Waals surface area contributed by atoms with Crippen LogP contribution in [0.3, 0.4) is 0 Å². The highest BCUT2D eigenvalue weighted by atomic mass is 16.5. The Hall–Kier alpha value is -2.40. The van der Waals surface area contributed by atoms with E-state index in [4.69, 9.17) is 4.74 Å². The van der Waals surface area contributed by atoms with Gasteiger partial charge in [-0.2, -0.15) is 0 Å². The zero-order valence-corrected chi connectivity index (χ0v) is 17.7. The van der Waals surface area contributed by atoms with Crippen molar-refractivity contribution in [3.8, 4) is 5.75 Å². The fourth-order valence-electron chi connectivity index (χ4n) is 6.79. The van der Waals surface area contributed by atoms with Crippen LogP contribution < -0.4 is 4.74 Å². The molecule has 0 spiro atoms. The lowest BCUT2D eigenvalue weighted by atomic mass is 9.53. The fraction of sp³-hybridized carbons (Fsp3) is 0.520. The molecule has 2 fully saturated rings. The molecule has 1 aromatic carbocycles. The number of hydrogen-bond donors (Lipinski definition) is 2. The molecule has 1 aromatic heterocycles.